The Labute approximate surface area is 158 Å². The van der Waals surface area contributed by atoms with Gasteiger partial charge in [-0.2, -0.15) is 0 Å². The molecule has 0 saturated carbocycles. The van der Waals surface area contributed by atoms with Crippen LogP contribution in [0.25, 0.3) is 10.8 Å². The van der Waals surface area contributed by atoms with Gasteiger partial charge in [0.15, 0.2) is 23.0 Å². The molecule has 27 heavy (non-hydrogen) atoms. The summed E-state index contributed by atoms with van der Waals surface area (Å²) in [6.07, 6.45) is 1.38. The van der Waals surface area contributed by atoms with E-state index in [1.165, 1.54) is 0 Å². The van der Waals surface area contributed by atoms with Crippen LogP contribution < -0.4 is 18.9 Å². The Bertz CT molecular complexity index is 941. The number of benzene rings is 2. The van der Waals surface area contributed by atoms with Gasteiger partial charge in [0.1, 0.15) is 6.10 Å². The summed E-state index contributed by atoms with van der Waals surface area (Å²) >= 11 is 0. The Balaban J connectivity index is 2.17. The summed E-state index contributed by atoms with van der Waals surface area (Å²) in [5, 5.41) is 1.91. The maximum atomic E-state index is 5.80. The van der Waals surface area contributed by atoms with E-state index in [2.05, 4.69) is 4.98 Å². The minimum absolute atomic E-state index is 0.383. The number of fused-ring (bicyclic) bond motifs is 1. The Morgan fingerprint density at radius 2 is 1.33 bits per heavy atom. The second-order valence-corrected chi connectivity index (χ2v) is 5.85. The van der Waals surface area contributed by atoms with Crippen molar-refractivity contribution in [2.75, 3.05) is 35.5 Å². The van der Waals surface area contributed by atoms with Crippen LogP contribution in [0, 0.1) is 0 Å². The van der Waals surface area contributed by atoms with Crippen LogP contribution in [0.1, 0.15) is 17.4 Å². The van der Waals surface area contributed by atoms with Crippen molar-refractivity contribution in [3.63, 3.8) is 0 Å². The first-order valence-corrected chi connectivity index (χ1v) is 8.42. The predicted molar refractivity (Wildman–Crippen MR) is 103 cm³/mol. The second-order valence-electron chi connectivity index (χ2n) is 5.85. The average molecular weight is 369 g/mol. The molecule has 0 aliphatic heterocycles. The van der Waals surface area contributed by atoms with Gasteiger partial charge in [0.2, 0.25) is 0 Å². The largest absolute Gasteiger partial charge is 0.493 e. The van der Waals surface area contributed by atoms with Crippen molar-refractivity contribution in [1.82, 2.24) is 4.98 Å². The van der Waals surface area contributed by atoms with E-state index in [-0.39, 0.29) is 6.10 Å². The number of ether oxygens (including phenoxy) is 5. The molecule has 0 N–H and O–H groups in total. The third-order valence-corrected chi connectivity index (χ3v) is 4.49. The SMILES string of the molecule is COc1ccc(C(OC)c2nccc3cc(OC)c(OC)cc23)cc1OC. The number of nitrogens with zero attached hydrogens (tertiary/aromatic N) is 1. The van der Waals surface area contributed by atoms with E-state index in [1.54, 1.807) is 41.7 Å². The van der Waals surface area contributed by atoms with Gasteiger partial charge in [0.25, 0.3) is 0 Å². The van der Waals surface area contributed by atoms with Crippen LogP contribution in [0.2, 0.25) is 0 Å². The van der Waals surface area contributed by atoms with Crippen molar-refractivity contribution >= 4 is 10.8 Å². The molecule has 0 amide bonds. The molecule has 1 unspecified atom stereocenters. The van der Waals surface area contributed by atoms with Gasteiger partial charge in [-0.15, -0.1) is 0 Å². The molecule has 2 aromatic carbocycles. The van der Waals surface area contributed by atoms with Gasteiger partial charge in [0, 0.05) is 18.7 Å². The van der Waals surface area contributed by atoms with Crippen molar-refractivity contribution in [3.8, 4) is 23.0 Å². The van der Waals surface area contributed by atoms with Crippen LogP contribution in [-0.2, 0) is 4.74 Å². The fourth-order valence-corrected chi connectivity index (χ4v) is 3.15. The minimum Gasteiger partial charge on any atom is -0.493 e. The quantitative estimate of drug-likeness (QED) is 0.627. The molecule has 0 aliphatic carbocycles. The molecule has 142 valence electrons. The summed E-state index contributed by atoms with van der Waals surface area (Å²) in [6, 6.07) is 11.5. The first-order valence-electron chi connectivity index (χ1n) is 8.42. The molecule has 0 saturated heterocycles. The molecule has 0 spiro atoms. The molecule has 0 bridgehead atoms. The fraction of sp³-hybridized carbons (Fsp3) is 0.286. The van der Waals surface area contributed by atoms with Gasteiger partial charge in [0.05, 0.1) is 34.1 Å². The van der Waals surface area contributed by atoms with Gasteiger partial charge in [-0.1, -0.05) is 6.07 Å². The maximum Gasteiger partial charge on any atom is 0.161 e. The number of aromatic nitrogens is 1. The monoisotopic (exact) mass is 369 g/mol. The lowest BCUT2D eigenvalue weighted by Gasteiger charge is -2.19. The van der Waals surface area contributed by atoms with Crippen molar-refractivity contribution in [2.24, 2.45) is 0 Å². The summed E-state index contributed by atoms with van der Waals surface area (Å²) in [4.78, 5) is 4.59. The number of methoxy groups -OCH3 is 5. The molecule has 0 radical (unpaired) electrons. The first-order chi connectivity index (χ1) is 13.2. The highest BCUT2D eigenvalue weighted by Gasteiger charge is 2.21. The summed E-state index contributed by atoms with van der Waals surface area (Å²) in [5.74, 6) is 2.61. The lowest BCUT2D eigenvalue weighted by molar-refractivity contribution is 0.134. The van der Waals surface area contributed by atoms with Gasteiger partial charge >= 0.3 is 0 Å². The summed E-state index contributed by atoms with van der Waals surface area (Å²) < 4.78 is 27.4. The normalized spacial score (nSPS) is 11.9. The Morgan fingerprint density at radius 1 is 0.704 bits per heavy atom. The maximum absolute atomic E-state index is 5.80. The van der Waals surface area contributed by atoms with Gasteiger partial charge in [-0.3, -0.25) is 4.98 Å². The van der Waals surface area contributed by atoms with Crippen molar-refractivity contribution in [1.29, 1.82) is 0 Å². The highest BCUT2D eigenvalue weighted by Crippen LogP contribution is 2.38. The van der Waals surface area contributed by atoms with E-state index < -0.39 is 0 Å². The van der Waals surface area contributed by atoms with Gasteiger partial charge in [-0.05, 0) is 41.3 Å². The van der Waals surface area contributed by atoms with Crippen LogP contribution in [0.5, 0.6) is 23.0 Å². The van der Waals surface area contributed by atoms with E-state index in [1.807, 2.05) is 36.4 Å². The Hall–Kier alpha value is -2.99. The Kier molecular flexibility index (Phi) is 5.66. The number of hydrogen-bond donors (Lipinski definition) is 0. The first kappa shape index (κ1) is 18.8. The number of rotatable bonds is 7. The van der Waals surface area contributed by atoms with Crippen LogP contribution >= 0.6 is 0 Å². The molecule has 1 aromatic heterocycles. The molecule has 1 heterocycles. The molecule has 0 aliphatic rings. The zero-order valence-electron chi connectivity index (χ0n) is 16.1. The van der Waals surface area contributed by atoms with Gasteiger partial charge < -0.3 is 23.7 Å². The molecule has 6 heteroatoms. The third-order valence-electron chi connectivity index (χ3n) is 4.49. The number of hydrogen-bond acceptors (Lipinski definition) is 6. The standard InChI is InChI=1S/C21H23NO5/c1-23-16-7-6-14(11-17(16)24-2)21(27-5)20-15-12-19(26-4)18(25-3)10-13(15)8-9-22-20/h6-12,21H,1-5H3. The lowest BCUT2D eigenvalue weighted by Crippen LogP contribution is -2.07. The zero-order valence-corrected chi connectivity index (χ0v) is 16.1. The summed E-state index contributed by atoms with van der Waals surface area (Å²) in [6.45, 7) is 0. The van der Waals surface area contributed by atoms with E-state index in [4.69, 9.17) is 23.7 Å². The number of pyridine rings is 1. The molecule has 3 rings (SSSR count). The highest BCUT2D eigenvalue weighted by atomic mass is 16.5. The smallest absolute Gasteiger partial charge is 0.161 e. The second kappa shape index (κ2) is 8.14. The third kappa shape index (κ3) is 3.48. The highest BCUT2D eigenvalue weighted by molar-refractivity contribution is 5.88. The van der Waals surface area contributed by atoms with Crippen molar-refractivity contribution in [3.05, 3.63) is 53.9 Å². The minimum atomic E-state index is -0.383. The Morgan fingerprint density at radius 3 is 1.96 bits per heavy atom. The fourth-order valence-electron chi connectivity index (χ4n) is 3.15. The molecule has 0 fully saturated rings. The van der Waals surface area contributed by atoms with Crippen LogP contribution in [-0.4, -0.2) is 40.5 Å². The van der Waals surface area contributed by atoms with Crippen LogP contribution in [0.4, 0.5) is 0 Å². The van der Waals surface area contributed by atoms with Crippen LogP contribution in [0.3, 0.4) is 0 Å². The molecule has 3 aromatic rings. The molecule has 6 nitrogen and oxygen atoms in total. The topological polar surface area (TPSA) is 59.0 Å². The van der Waals surface area contributed by atoms with Crippen molar-refractivity contribution in [2.45, 2.75) is 6.10 Å². The van der Waals surface area contributed by atoms with Crippen LogP contribution in [0.15, 0.2) is 42.6 Å². The predicted octanol–water partition coefficient (Wildman–Crippen LogP) is 4.01. The lowest BCUT2D eigenvalue weighted by atomic mass is 10.00. The van der Waals surface area contributed by atoms with Gasteiger partial charge in [-0.25, -0.2) is 0 Å². The zero-order chi connectivity index (χ0) is 19.4. The van der Waals surface area contributed by atoms with E-state index >= 15 is 0 Å². The molecular formula is C21H23NO5. The van der Waals surface area contributed by atoms with E-state index in [9.17, 15) is 0 Å². The van der Waals surface area contributed by atoms with E-state index in [0.717, 1.165) is 22.0 Å². The molecule has 1 atom stereocenters. The van der Waals surface area contributed by atoms with E-state index in [0.29, 0.717) is 23.0 Å². The van der Waals surface area contributed by atoms with Crippen molar-refractivity contribution < 1.29 is 23.7 Å². The molecular weight excluding hydrogens is 346 g/mol. The average Bonchev–Trinajstić information content (AvgIpc) is 2.73. The summed E-state index contributed by atoms with van der Waals surface area (Å²) in [7, 11) is 8.10. The summed E-state index contributed by atoms with van der Waals surface area (Å²) in [5.41, 5.74) is 1.69.